The lowest BCUT2D eigenvalue weighted by Crippen LogP contribution is -2.15. The molecule has 3 rings (SSSR count). The summed E-state index contributed by atoms with van der Waals surface area (Å²) in [5, 5.41) is 1.73. The van der Waals surface area contributed by atoms with E-state index in [1.165, 1.54) is 13.3 Å². The van der Waals surface area contributed by atoms with Gasteiger partial charge in [0.1, 0.15) is 0 Å². The first-order valence-corrected chi connectivity index (χ1v) is 6.12. The van der Waals surface area contributed by atoms with Gasteiger partial charge in [0, 0.05) is 22.7 Å². The van der Waals surface area contributed by atoms with Crippen molar-refractivity contribution in [2.45, 2.75) is 6.92 Å². The quantitative estimate of drug-likeness (QED) is 0.542. The van der Waals surface area contributed by atoms with Gasteiger partial charge in [-0.2, -0.15) is 0 Å². The topological polar surface area (TPSA) is 72.1 Å². The molecule has 2 heterocycles. The number of aromatic amines is 1. The number of hydrogen-bond acceptors (Lipinski definition) is 4. The molecule has 0 saturated heterocycles. The summed E-state index contributed by atoms with van der Waals surface area (Å²) < 4.78 is 4.83. The highest BCUT2D eigenvalue weighted by Crippen LogP contribution is 2.26. The molecule has 2 aromatic heterocycles. The number of nitrogens with one attached hydrogen (secondary N) is 1. The molecule has 1 N–H and O–H groups in total. The van der Waals surface area contributed by atoms with E-state index in [9.17, 15) is 9.59 Å². The fraction of sp³-hybridized carbons (Fsp3) is 0.133. The van der Waals surface area contributed by atoms with Crippen molar-refractivity contribution in [3.8, 4) is 0 Å². The number of pyridine rings is 2. The first kappa shape index (κ1) is 12.3. The number of methoxy groups -OCH3 is 1. The molecule has 0 spiro atoms. The molecule has 100 valence electrons. The van der Waals surface area contributed by atoms with Gasteiger partial charge in [-0.3, -0.25) is 9.78 Å². The Hall–Kier alpha value is -2.69. The Balaban J connectivity index is 2.63. The largest absolute Gasteiger partial charge is 0.465 e. The zero-order valence-corrected chi connectivity index (χ0v) is 11.1. The highest BCUT2D eigenvalue weighted by molar-refractivity contribution is 6.15. The first-order chi connectivity index (χ1) is 9.63. The molecule has 0 bridgehead atoms. The van der Waals surface area contributed by atoms with E-state index in [0.717, 1.165) is 10.9 Å². The molecular formula is C15H12N2O3. The predicted octanol–water partition coefficient (Wildman–Crippen LogP) is 2.17. The van der Waals surface area contributed by atoms with Gasteiger partial charge in [-0.15, -0.1) is 0 Å². The van der Waals surface area contributed by atoms with E-state index < -0.39 is 5.97 Å². The van der Waals surface area contributed by atoms with Crippen LogP contribution >= 0.6 is 0 Å². The molecule has 20 heavy (non-hydrogen) atoms. The Bertz CT molecular complexity index is 897. The molecule has 3 aromatic rings. The number of carbonyl (C=O) groups is 1. The van der Waals surface area contributed by atoms with Crippen molar-refractivity contribution in [3.63, 3.8) is 0 Å². The Labute approximate surface area is 114 Å². The van der Waals surface area contributed by atoms with E-state index in [1.807, 2.05) is 24.3 Å². The summed E-state index contributed by atoms with van der Waals surface area (Å²) >= 11 is 0. The summed E-state index contributed by atoms with van der Waals surface area (Å²) in [7, 11) is 1.32. The van der Waals surface area contributed by atoms with Crippen LogP contribution in [-0.2, 0) is 4.74 Å². The maximum atomic E-state index is 12.1. The van der Waals surface area contributed by atoms with E-state index in [4.69, 9.17) is 4.74 Å². The number of nitrogens with zero attached hydrogens (tertiary/aromatic N) is 1. The Morgan fingerprint density at radius 2 is 2.00 bits per heavy atom. The Kier molecular flexibility index (Phi) is 2.75. The third-order valence-corrected chi connectivity index (χ3v) is 3.34. The fourth-order valence-corrected chi connectivity index (χ4v) is 2.43. The number of aryl methyl sites for hydroxylation is 1. The number of rotatable bonds is 1. The zero-order chi connectivity index (χ0) is 14.3. The van der Waals surface area contributed by atoms with Crippen molar-refractivity contribution in [1.82, 2.24) is 9.97 Å². The number of hydrogen-bond donors (Lipinski definition) is 1. The fourth-order valence-electron chi connectivity index (χ4n) is 2.43. The van der Waals surface area contributed by atoms with Crippen LogP contribution in [0.4, 0.5) is 0 Å². The summed E-state index contributed by atoms with van der Waals surface area (Å²) in [5.41, 5.74) is 1.34. The second-order valence-corrected chi connectivity index (χ2v) is 4.51. The SMILES string of the molecule is COC(=O)c1c(C)[nH]c(=O)c2cnc3ccccc3c12. The number of H-pyrrole nitrogens is 1. The molecule has 0 fully saturated rings. The van der Waals surface area contributed by atoms with Crippen LogP contribution in [0.5, 0.6) is 0 Å². The van der Waals surface area contributed by atoms with E-state index >= 15 is 0 Å². The number of aromatic nitrogens is 2. The molecule has 0 radical (unpaired) electrons. The van der Waals surface area contributed by atoms with Crippen LogP contribution < -0.4 is 5.56 Å². The van der Waals surface area contributed by atoms with Crippen LogP contribution in [0, 0.1) is 6.92 Å². The number of fused-ring (bicyclic) bond motifs is 3. The van der Waals surface area contributed by atoms with E-state index in [1.54, 1.807) is 6.92 Å². The van der Waals surface area contributed by atoms with Crippen LogP contribution in [0.1, 0.15) is 16.1 Å². The molecule has 5 nitrogen and oxygen atoms in total. The van der Waals surface area contributed by atoms with Gasteiger partial charge in [0.15, 0.2) is 0 Å². The summed E-state index contributed by atoms with van der Waals surface area (Å²) in [5.74, 6) is -0.472. The average molecular weight is 268 g/mol. The number of para-hydroxylation sites is 1. The molecule has 0 aliphatic carbocycles. The van der Waals surface area contributed by atoms with Crippen LogP contribution in [0.3, 0.4) is 0 Å². The summed E-state index contributed by atoms with van der Waals surface area (Å²) in [4.78, 5) is 31.0. The summed E-state index contributed by atoms with van der Waals surface area (Å²) in [6, 6.07) is 7.39. The van der Waals surface area contributed by atoms with Crippen LogP contribution in [0.25, 0.3) is 21.7 Å². The van der Waals surface area contributed by atoms with Crippen LogP contribution in [0.2, 0.25) is 0 Å². The summed E-state index contributed by atoms with van der Waals surface area (Å²) in [6.07, 6.45) is 1.49. The van der Waals surface area contributed by atoms with Gasteiger partial charge in [-0.1, -0.05) is 18.2 Å². The summed E-state index contributed by atoms with van der Waals surface area (Å²) in [6.45, 7) is 1.68. The zero-order valence-electron chi connectivity index (χ0n) is 11.1. The van der Waals surface area contributed by atoms with Gasteiger partial charge in [0.05, 0.1) is 23.6 Å². The average Bonchev–Trinajstić information content (AvgIpc) is 2.46. The van der Waals surface area contributed by atoms with E-state index in [0.29, 0.717) is 22.0 Å². The maximum Gasteiger partial charge on any atom is 0.340 e. The normalized spacial score (nSPS) is 10.9. The number of carbonyl (C=O) groups excluding carboxylic acids is 1. The van der Waals surface area contributed by atoms with Crippen molar-refractivity contribution >= 4 is 27.6 Å². The van der Waals surface area contributed by atoms with Gasteiger partial charge in [0.2, 0.25) is 0 Å². The number of ether oxygens (including phenoxy) is 1. The van der Waals surface area contributed by atoms with Gasteiger partial charge in [0.25, 0.3) is 5.56 Å². The Morgan fingerprint density at radius 1 is 1.25 bits per heavy atom. The molecule has 0 atom stereocenters. The molecular weight excluding hydrogens is 256 g/mol. The second kappa shape index (κ2) is 4.45. The Morgan fingerprint density at radius 3 is 2.75 bits per heavy atom. The number of benzene rings is 1. The van der Waals surface area contributed by atoms with Gasteiger partial charge < -0.3 is 9.72 Å². The molecule has 0 saturated carbocycles. The highest BCUT2D eigenvalue weighted by Gasteiger charge is 2.18. The smallest absolute Gasteiger partial charge is 0.340 e. The lowest BCUT2D eigenvalue weighted by atomic mass is 10.0. The van der Waals surface area contributed by atoms with Gasteiger partial charge in [-0.05, 0) is 13.0 Å². The molecule has 0 aliphatic rings. The number of esters is 1. The molecule has 0 unspecified atom stereocenters. The maximum absolute atomic E-state index is 12.1. The molecule has 0 amide bonds. The highest BCUT2D eigenvalue weighted by atomic mass is 16.5. The van der Waals surface area contributed by atoms with Crippen molar-refractivity contribution in [2.24, 2.45) is 0 Å². The third kappa shape index (κ3) is 1.67. The van der Waals surface area contributed by atoms with Crippen molar-refractivity contribution < 1.29 is 9.53 Å². The van der Waals surface area contributed by atoms with E-state index in [-0.39, 0.29) is 5.56 Å². The minimum Gasteiger partial charge on any atom is -0.465 e. The predicted molar refractivity (Wildman–Crippen MR) is 75.9 cm³/mol. The standard InChI is InChI=1S/C15H12N2O3/c1-8-12(15(19)20-2)13-9-5-3-4-6-11(9)16-7-10(13)14(18)17-8/h3-7H,1-2H3,(H,17,18). The van der Waals surface area contributed by atoms with Gasteiger partial charge in [-0.25, -0.2) is 4.79 Å². The minimum atomic E-state index is -0.472. The molecule has 5 heteroatoms. The van der Waals surface area contributed by atoms with Gasteiger partial charge >= 0.3 is 5.97 Å². The lowest BCUT2D eigenvalue weighted by Gasteiger charge is -2.10. The van der Waals surface area contributed by atoms with Crippen LogP contribution in [0.15, 0.2) is 35.3 Å². The van der Waals surface area contributed by atoms with Crippen molar-refractivity contribution in [1.29, 1.82) is 0 Å². The third-order valence-electron chi connectivity index (χ3n) is 3.34. The lowest BCUT2D eigenvalue weighted by molar-refractivity contribution is 0.0601. The van der Waals surface area contributed by atoms with E-state index in [2.05, 4.69) is 9.97 Å². The molecule has 0 aliphatic heterocycles. The first-order valence-electron chi connectivity index (χ1n) is 6.12. The monoisotopic (exact) mass is 268 g/mol. The van der Waals surface area contributed by atoms with Crippen molar-refractivity contribution in [2.75, 3.05) is 7.11 Å². The second-order valence-electron chi connectivity index (χ2n) is 4.51. The minimum absolute atomic E-state index is 0.261. The molecule has 1 aromatic carbocycles. The van der Waals surface area contributed by atoms with Crippen molar-refractivity contribution in [3.05, 3.63) is 52.1 Å². The van der Waals surface area contributed by atoms with Crippen LogP contribution in [-0.4, -0.2) is 23.0 Å².